The van der Waals surface area contributed by atoms with Crippen LogP contribution >= 0.6 is 0 Å². The summed E-state index contributed by atoms with van der Waals surface area (Å²) in [5, 5.41) is 0. The first-order valence-electron chi connectivity index (χ1n) is 9.75. The molecule has 0 N–H and O–H groups in total. The minimum absolute atomic E-state index is 0.308. The Labute approximate surface area is 144 Å². The number of rotatable bonds is 17. The Balaban J connectivity index is 3.10. The third kappa shape index (κ3) is 18.9. The highest BCUT2D eigenvalue weighted by Crippen LogP contribution is 2.09. The lowest BCUT2D eigenvalue weighted by molar-refractivity contribution is -0.137. The van der Waals surface area contributed by atoms with Crippen LogP contribution in [0.25, 0.3) is 0 Å². The van der Waals surface area contributed by atoms with Crippen molar-refractivity contribution in [2.45, 2.75) is 96.8 Å². The number of hydrogen-bond acceptors (Lipinski definition) is 2. The molecule has 0 aromatic heterocycles. The Bertz CT molecular complexity index is 294. The molecule has 0 unspecified atom stereocenters. The number of allylic oxidation sites excluding steroid dienone is 2. The van der Waals surface area contributed by atoms with Crippen LogP contribution in [0.15, 0.2) is 24.8 Å². The molecular weight excluding hydrogens is 284 g/mol. The predicted octanol–water partition coefficient (Wildman–Crippen LogP) is 6.75. The quantitative estimate of drug-likeness (QED) is 0.128. The molecule has 23 heavy (non-hydrogen) atoms. The molecule has 0 amide bonds. The van der Waals surface area contributed by atoms with Crippen molar-refractivity contribution >= 4 is 5.97 Å². The van der Waals surface area contributed by atoms with Gasteiger partial charge >= 0.3 is 5.97 Å². The molecule has 2 nitrogen and oxygen atoms in total. The van der Waals surface area contributed by atoms with E-state index in [0.717, 1.165) is 12.8 Å². The minimum atomic E-state index is -0.308. The van der Waals surface area contributed by atoms with E-state index in [-0.39, 0.29) is 5.97 Å². The van der Waals surface area contributed by atoms with Gasteiger partial charge in [-0.1, -0.05) is 83.4 Å². The lowest BCUT2D eigenvalue weighted by atomic mass is 10.1. The lowest BCUT2D eigenvalue weighted by Gasteiger charge is -2.02. The van der Waals surface area contributed by atoms with Gasteiger partial charge < -0.3 is 4.74 Å². The summed E-state index contributed by atoms with van der Waals surface area (Å²) in [4.78, 5) is 10.8. The fraction of sp³-hybridized carbons (Fsp3) is 0.762. The predicted molar refractivity (Wildman–Crippen MR) is 101 cm³/mol. The molecule has 0 aliphatic rings. The van der Waals surface area contributed by atoms with Crippen molar-refractivity contribution in [3.8, 4) is 0 Å². The van der Waals surface area contributed by atoms with Gasteiger partial charge in [0.1, 0.15) is 0 Å². The summed E-state index contributed by atoms with van der Waals surface area (Å²) in [5.74, 6) is -0.308. The highest BCUT2D eigenvalue weighted by Gasteiger charge is 1.95. The maximum absolute atomic E-state index is 10.8. The topological polar surface area (TPSA) is 26.3 Å². The van der Waals surface area contributed by atoms with E-state index in [1.54, 1.807) is 0 Å². The van der Waals surface area contributed by atoms with E-state index in [1.807, 2.05) is 0 Å². The van der Waals surface area contributed by atoms with Gasteiger partial charge in [0.05, 0.1) is 6.61 Å². The van der Waals surface area contributed by atoms with Gasteiger partial charge in [-0.05, 0) is 32.1 Å². The number of hydrogen-bond donors (Lipinski definition) is 0. The third-order valence-electron chi connectivity index (χ3n) is 4.07. The van der Waals surface area contributed by atoms with Crippen molar-refractivity contribution in [1.82, 2.24) is 0 Å². The van der Waals surface area contributed by atoms with E-state index in [4.69, 9.17) is 4.74 Å². The second-order valence-corrected chi connectivity index (χ2v) is 6.31. The van der Waals surface area contributed by atoms with Crippen LogP contribution in [0.3, 0.4) is 0 Å². The van der Waals surface area contributed by atoms with Crippen LogP contribution in [0.5, 0.6) is 0 Å². The van der Waals surface area contributed by atoms with Gasteiger partial charge in [0, 0.05) is 6.08 Å². The van der Waals surface area contributed by atoms with E-state index < -0.39 is 0 Å². The van der Waals surface area contributed by atoms with E-state index in [9.17, 15) is 4.79 Å². The molecule has 0 radical (unpaired) electrons. The van der Waals surface area contributed by atoms with Crippen LogP contribution in [-0.2, 0) is 9.53 Å². The largest absolute Gasteiger partial charge is 0.463 e. The summed E-state index contributed by atoms with van der Waals surface area (Å²) in [6, 6.07) is 0. The van der Waals surface area contributed by atoms with Crippen LogP contribution in [-0.4, -0.2) is 12.6 Å². The molecular formula is C21H38O2. The maximum Gasteiger partial charge on any atom is 0.330 e. The first-order valence-corrected chi connectivity index (χ1v) is 9.75. The Hall–Kier alpha value is -1.05. The molecule has 2 heteroatoms. The number of carbonyl (C=O) groups excluding carboxylic acids is 1. The van der Waals surface area contributed by atoms with E-state index >= 15 is 0 Å². The van der Waals surface area contributed by atoms with Crippen molar-refractivity contribution in [2.24, 2.45) is 0 Å². The summed E-state index contributed by atoms with van der Waals surface area (Å²) in [7, 11) is 0. The summed E-state index contributed by atoms with van der Waals surface area (Å²) < 4.78 is 4.94. The third-order valence-corrected chi connectivity index (χ3v) is 4.07. The van der Waals surface area contributed by atoms with E-state index in [0.29, 0.717) is 6.61 Å². The molecule has 134 valence electrons. The smallest absolute Gasteiger partial charge is 0.330 e. The second-order valence-electron chi connectivity index (χ2n) is 6.31. The molecule has 0 aromatic carbocycles. The van der Waals surface area contributed by atoms with Gasteiger partial charge in [0.2, 0.25) is 0 Å². The van der Waals surface area contributed by atoms with Crippen LogP contribution in [0.2, 0.25) is 0 Å². The normalized spacial score (nSPS) is 11.0. The molecule has 0 aromatic rings. The minimum Gasteiger partial charge on any atom is -0.463 e. The first kappa shape index (κ1) is 21.9. The average Bonchev–Trinajstić information content (AvgIpc) is 2.57. The first-order chi connectivity index (χ1) is 11.3. The molecule has 0 spiro atoms. The zero-order valence-electron chi connectivity index (χ0n) is 15.4. The summed E-state index contributed by atoms with van der Waals surface area (Å²) in [6.45, 7) is 6.18. The number of ether oxygens (including phenoxy) is 1. The van der Waals surface area contributed by atoms with Crippen molar-refractivity contribution < 1.29 is 9.53 Å². The van der Waals surface area contributed by atoms with Crippen LogP contribution in [0.4, 0.5) is 0 Å². The Morgan fingerprint density at radius 3 is 1.78 bits per heavy atom. The van der Waals surface area contributed by atoms with Gasteiger partial charge in [0.25, 0.3) is 0 Å². The van der Waals surface area contributed by atoms with Crippen molar-refractivity contribution in [1.29, 1.82) is 0 Å². The van der Waals surface area contributed by atoms with Gasteiger partial charge in [-0.25, -0.2) is 4.79 Å². The molecule has 0 fully saturated rings. The highest BCUT2D eigenvalue weighted by molar-refractivity contribution is 5.81. The maximum atomic E-state index is 10.8. The molecule has 0 aliphatic heterocycles. The van der Waals surface area contributed by atoms with E-state index in [2.05, 4.69) is 25.7 Å². The van der Waals surface area contributed by atoms with Gasteiger partial charge in [-0.3, -0.25) is 0 Å². The lowest BCUT2D eigenvalue weighted by Crippen LogP contribution is -2.01. The zero-order valence-corrected chi connectivity index (χ0v) is 15.4. The summed E-state index contributed by atoms with van der Waals surface area (Å²) in [5.41, 5.74) is 0. The zero-order chi connectivity index (χ0) is 17.0. The molecule has 0 bridgehead atoms. The highest BCUT2D eigenvalue weighted by atomic mass is 16.5. The SMILES string of the molecule is C=CC(=O)OCCCCCCCC/C=C\CCCCCCCC. The van der Waals surface area contributed by atoms with Crippen LogP contribution < -0.4 is 0 Å². The Morgan fingerprint density at radius 1 is 0.783 bits per heavy atom. The molecule has 0 heterocycles. The molecule has 0 rings (SSSR count). The monoisotopic (exact) mass is 322 g/mol. The average molecular weight is 323 g/mol. The van der Waals surface area contributed by atoms with Crippen molar-refractivity contribution in [2.75, 3.05) is 6.61 Å². The van der Waals surface area contributed by atoms with Gasteiger partial charge in [0.15, 0.2) is 0 Å². The molecule has 0 atom stereocenters. The van der Waals surface area contributed by atoms with E-state index in [1.165, 1.54) is 83.1 Å². The van der Waals surface area contributed by atoms with Crippen LogP contribution in [0, 0.1) is 0 Å². The van der Waals surface area contributed by atoms with Gasteiger partial charge in [-0.2, -0.15) is 0 Å². The summed E-state index contributed by atoms with van der Waals surface area (Å²) >= 11 is 0. The number of unbranched alkanes of at least 4 members (excludes halogenated alkanes) is 12. The molecule has 0 saturated heterocycles. The fourth-order valence-corrected chi connectivity index (χ4v) is 2.58. The van der Waals surface area contributed by atoms with Crippen molar-refractivity contribution in [3.63, 3.8) is 0 Å². The summed E-state index contributed by atoms with van der Waals surface area (Å²) in [6.07, 6.45) is 24.0. The van der Waals surface area contributed by atoms with Crippen LogP contribution in [0.1, 0.15) is 96.8 Å². The van der Waals surface area contributed by atoms with Gasteiger partial charge in [-0.15, -0.1) is 0 Å². The Kier molecular flexibility index (Phi) is 18.1. The molecule has 0 saturated carbocycles. The number of esters is 1. The standard InChI is InChI=1S/C21H38O2/c1-3-5-6-7-8-9-10-11-12-13-14-15-16-17-18-19-20-23-21(22)4-2/h4,11-12H,2-3,5-10,13-20H2,1H3/b12-11-. The molecule has 0 aliphatic carbocycles. The Morgan fingerprint density at radius 2 is 1.26 bits per heavy atom. The second kappa shape index (κ2) is 19.0. The van der Waals surface area contributed by atoms with Crippen molar-refractivity contribution in [3.05, 3.63) is 24.8 Å². The fourth-order valence-electron chi connectivity index (χ4n) is 2.58. The number of carbonyl (C=O) groups is 1.